The van der Waals surface area contributed by atoms with Crippen molar-refractivity contribution < 1.29 is 9.90 Å². The number of para-hydroxylation sites is 1. The van der Waals surface area contributed by atoms with Gasteiger partial charge in [0.05, 0.1) is 0 Å². The van der Waals surface area contributed by atoms with Gasteiger partial charge in [-0.15, -0.1) is 0 Å². The van der Waals surface area contributed by atoms with Crippen molar-refractivity contribution in [2.24, 2.45) is 0 Å². The molecule has 1 amide bonds. The third-order valence-electron chi connectivity index (χ3n) is 2.74. The molecule has 1 aromatic heterocycles. The van der Waals surface area contributed by atoms with E-state index in [1.807, 2.05) is 6.07 Å². The van der Waals surface area contributed by atoms with E-state index in [4.69, 9.17) is 0 Å². The second-order valence-electron chi connectivity index (χ2n) is 4.28. The maximum atomic E-state index is 12.2. The largest absolute Gasteiger partial charge is 0.508 e. The number of rotatable bonds is 3. The number of carbonyl (C=O) groups excluding carboxylic acids is 1. The van der Waals surface area contributed by atoms with Crippen molar-refractivity contribution in [1.82, 2.24) is 14.9 Å². The van der Waals surface area contributed by atoms with E-state index in [0.29, 0.717) is 23.6 Å². The molecule has 0 saturated carbocycles. The van der Waals surface area contributed by atoms with Crippen molar-refractivity contribution in [3.05, 3.63) is 53.6 Å². The van der Waals surface area contributed by atoms with Gasteiger partial charge in [-0.2, -0.15) is 0 Å². The third-order valence-corrected chi connectivity index (χ3v) is 2.74. The van der Waals surface area contributed by atoms with Crippen molar-refractivity contribution in [3.63, 3.8) is 0 Å². The molecule has 0 spiro atoms. The molecule has 2 aromatic rings. The summed E-state index contributed by atoms with van der Waals surface area (Å²) in [5.74, 6) is 0.538. The predicted molar refractivity (Wildman–Crippen MR) is 70.7 cm³/mol. The van der Waals surface area contributed by atoms with E-state index in [1.165, 1.54) is 4.90 Å². The number of phenols is 1. The quantitative estimate of drug-likeness (QED) is 0.910. The number of benzene rings is 1. The number of nitrogens with zero attached hydrogens (tertiary/aromatic N) is 3. The lowest BCUT2D eigenvalue weighted by Crippen LogP contribution is -2.27. The molecule has 0 aliphatic carbocycles. The molecule has 1 aromatic carbocycles. The van der Waals surface area contributed by atoms with Crippen molar-refractivity contribution in [3.8, 4) is 5.75 Å². The fourth-order valence-electron chi connectivity index (χ4n) is 1.74. The van der Waals surface area contributed by atoms with Gasteiger partial charge in [-0.1, -0.05) is 18.2 Å². The molecule has 19 heavy (non-hydrogen) atoms. The maximum Gasteiger partial charge on any atom is 0.272 e. The first-order chi connectivity index (χ1) is 9.08. The van der Waals surface area contributed by atoms with Crippen LogP contribution >= 0.6 is 0 Å². The molecule has 0 aliphatic rings. The van der Waals surface area contributed by atoms with Gasteiger partial charge in [0.25, 0.3) is 5.91 Å². The van der Waals surface area contributed by atoms with Crippen molar-refractivity contribution in [2.75, 3.05) is 7.05 Å². The number of amides is 1. The predicted octanol–water partition coefficient (Wildman–Crippen LogP) is 1.76. The molecule has 1 heterocycles. The summed E-state index contributed by atoms with van der Waals surface area (Å²) in [5.41, 5.74) is 1.05. The van der Waals surface area contributed by atoms with Gasteiger partial charge >= 0.3 is 0 Å². The maximum absolute atomic E-state index is 12.2. The SMILES string of the molecule is Cc1nccc(C(=O)N(C)Cc2ccccc2O)n1. The van der Waals surface area contributed by atoms with Gasteiger partial charge in [0.2, 0.25) is 0 Å². The topological polar surface area (TPSA) is 66.3 Å². The van der Waals surface area contributed by atoms with Gasteiger partial charge in [0.1, 0.15) is 17.3 Å². The first-order valence-electron chi connectivity index (χ1n) is 5.90. The van der Waals surface area contributed by atoms with Gasteiger partial charge in [0.15, 0.2) is 0 Å². The van der Waals surface area contributed by atoms with Crippen LogP contribution in [0.5, 0.6) is 5.75 Å². The Balaban J connectivity index is 2.14. The van der Waals surface area contributed by atoms with E-state index in [2.05, 4.69) is 9.97 Å². The first kappa shape index (κ1) is 13.0. The van der Waals surface area contributed by atoms with Crippen LogP contribution in [0.1, 0.15) is 21.9 Å². The number of hydrogen-bond acceptors (Lipinski definition) is 4. The van der Waals surface area contributed by atoms with E-state index in [-0.39, 0.29) is 11.7 Å². The van der Waals surface area contributed by atoms with Gasteiger partial charge in [-0.25, -0.2) is 9.97 Å². The Morgan fingerprint density at radius 1 is 1.32 bits per heavy atom. The molecular formula is C14H15N3O2. The fourth-order valence-corrected chi connectivity index (χ4v) is 1.74. The fraction of sp³-hybridized carbons (Fsp3) is 0.214. The molecule has 1 N–H and O–H groups in total. The highest BCUT2D eigenvalue weighted by Crippen LogP contribution is 2.17. The Bertz CT molecular complexity index is 599. The molecule has 0 saturated heterocycles. The molecule has 2 rings (SSSR count). The van der Waals surface area contributed by atoms with Crippen LogP contribution in [0.2, 0.25) is 0 Å². The second-order valence-corrected chi connectivity index (χ2v) is 4.28. The Kier molecular flexibility index (Phi) is 3.75. The molecular weight excluding hydrogens is 242 g/mol. The number of phenolic OH excluding ortho intramolecular Hbond substituents is 1. The van der Waals surface area contributed by atoms with E-state index >= 15 is 0 Å². The molecule has 5 heteroatoms. The van der Waals surface area contributed by atoms with Gasteiger partial charge in [0, 0.05) is 25.4 Å². The van der Waals surface area contributed by atoms with Crippen LogP contribution in [-0.4, -0.2) is 32.9 Å². The summed E-state index contributed by atoms with van der Waals surface area (Å²) in [6.45, 7) is 2.06. The molecule has 5 nitrogen and oxygen atoms in total. The van der Waals surface area contributed by atoms with Crippen LogP contribution < -0.4 is 0 Å². The lowest BCUT2D eigenvalue weighted by atomic mass is 10.2. The minimum absolute atomic E-state index is 0.181. The number of aromatic hydroxyl groups is 1. The Labute approximate surface area is 111 Å². The molecule has 0 unspecified atom stereocenters. The molecule has 0 atom stereocenters. The summed E-state index contributed by atoms with van der Waals surface area (Å²) >= 11 is 0. The van der Waals surface area contributed by atoms with Crippen molar-refractivity contribution in [2.45, 2.75) is 13.5 Å². The molecule has 0 fully saturated rings. The summed E-state index contributed by atoms with van der Waals surface area (Å²) in [6, 6.07) is 8.53. The average Bonchev–Trinajstić information content (AvgIpc) is 2.40. The number of aryl methyl sites for hydroxylation is 1. The third kappa shape index (κ3) is 3.07. The normalized spacial score (nSPS) is 10.2. The zero-order valence-corrected chi connectivity index (χ0v) is 10.9. The highest BCUT2D eigenvalue weighted by Gasteiger charge is 2.14. The highest BCUT2D eigenvalue weighted by atomic mass is 16.3. The summed E-state index contributed by atoms with van der Waals surface area (Å²) < 4.78 is 0. The molecule has 0 radical (unpaired) electrons. The molecule has 98 valence electrons. The average molecular weight is 257 g/mol. The number of hydrogen-bond donors (Lipinski definition) is 1. The van der Waals surface area contributed by atoms with E-state index in [1.54, 1.807) is 44.4 Å². The smallest absolute Gasteiger partial charge is 0.272 e. The minimum Gasteiger partial charge on any atom is -0.508 e. The lowest BCUT2D eigenvalue weighted by Gasteiger charge is -2.17. The molecule has 0 bridgehead atoms. The lowest BCUT2D eigenvalue weighted by molar-refractivity contribution is 0.0778. The Hall–Kier alpha value is -2.43. The van der Waals surface area contributed by atoms with Crippen LogP contribution in [0.25, 0.3) is 0 Å². The van der Waals surface area contributed by atoms with E-state index < -0.39 is 0 Å². The molecule has 0 aliphatic heterocycles. The second kappa shape index (κ2) is 5.48. The van der Waals surface area contributed by atoms with Gasteiger partial charge in [-0.05, 0) is 19.1 Å². The Morgan fingerprint density at radius 2 is 2.05 bits per heavy atom. The minimum atomic E-state index is -0.200. The summed E-state index contributed by atoms with van der Waals surface area (Å²) in [4.78, 5) is 21.7. The van der Waals surface area contributed by atoms with Crippen LogP contribution in [0, 0.1) is 6.92 Å². The van der Waals surface area contributed by atoms with Crippen molar-refractivity contribution >= 4 is 5.91 Å². The highest BCUT2D eigenvalue weighted by molar-refractivity contribution is 5.92. The summed E-state index contributed by atoms with van der Waals surface area (Å²) in [6.07, 6.45) is 1.56. The summed E-state index contributed by atoms with van der Waals surface area (Å²) in [5, 5.41) is 9.69. The van der Waals surface area contributed by atoms with E-state index in [0.717, 1.165) is 0 Å². The van der Waals surface area contributed by atoms with Crippen LogP contribution in [0.15, 0.2) is 36.5 Å². The standard InChI is InChI=1S/C14H15N3O2/c1-10-15-8-7-12(16-10)14(19)17(2)9-11-5-3-4-6-13(11)18/h3-8,18H,9H2,1-2H3. The Morgan fingerprint density at radius 3 is 2.74 bits per heavy atom. The zero-order valence-electron chi connectivity index (χ0n) is 10.9. The van der Waals surface area contributed by atoms with Gasteiger partial charge < -0.3 is 10.0 Å². The number of aromatic nitrogens is 2. The first-order valence-corrected chi connectivity index (χ1v) is 5.90. The van der Waals surface area contributed by atoms with Crippen molar-refractivity contribution in [1.29, 1.82) is 0 Å². The van der Waals surface area contributed by atoms with Crippen LogP contribution in [-0.2, 0) is 6.54 Å². The monoisotopic (exact) mass is 257 g/mol. The van der Waals surface area contributed by atoms with Crippen LogP contribution in [0.4, 0.5) is 0 Å². The number of carbonyl (C=O) groups is 1. The zero-order chi connectivity index (χ0) is 13.8. The van der Waals surface area contributed by atoms with Crippen LogP contribution in [0.3, 0.4) is 0 Å². The van der Waals surface area contributed by atoms with Gasteiger partial charge in [-0.3, -0.25) is 4.79 Å². The summed E-state index contributed by atoms with van der Waals surface area (Å²) in [7, 11) is 1.67. The van der Waals surface area contributed by atoms with E-state index in [9.17, 15) is 9.90 Å².